The fourth-order valence-electron chi connectivity index (χ4n) is 3.08. The molecule has 1 heterocycles. The van der Waals surface area contributed by atoms with Gasteiger partial charge in [-0.15, -0.1) is 24.8 Å². The summed E-state index contributed by atoms with van der Waals surface area (Å²) in [5.74, 6) is 0.820. The van der Waals surface area contributed by atoms with Crippen molar-refractivity contribution in [2.45, 2.75) is 45.4 Å². The van der Waals surface area contributed by atoms with Crippen molar-refractivity contribution in [1.29, 1.82) is 0 Å². The number of nitrogens with one attached hydrogen (secondary N) is 1. The van der Waals surface area contributed by atoms with Gasteiger partial charge in [-0.05, 0) is 43.0 Å². The normalized spacial score (nSPS) is 16.3. The van der Waals surface area contributed by atoms with Gasteiger partial charge in [0.05, 0.1) is 12.5 Å². The summed E-state index contributed by atoms with van der Waals surface area (Å²) >= 11 is 0. The lowest BCUT2D eigenvalue weighted by molar-refractivity contribution is -0.123. The van der Waals surface area contributed by atoms with Gasteiger partial charge in [-0.25, -0.2) is 0 Å². The molecule has 2 rings (SSSR count). The first kappa shape index (κ1) is 25.1. The van der Waals surface area contributed by atoms with Crippen LogP contribution in [-0.4, -0.2) is 43.7 Å². The van der Waals surface area contributed by atoms with Gasteiger partial charge < -0.3 is 15.8 Å². The van der Waals surface area contributed by atoms with Crippen LogP contribution in [0.2, 0.25) is 0 Å². The molecule has 150 valence electrons. The highest BCUT2D eigenvalue weighted by Gasteiger charge is 2.17. The minimum absolute atomic E-state index is 0. The molecule has 1 unspecified atom stereocenters. The first-order chi connectivity index (χ1) is 11.6. The molecule has 3 N–H and O–H groups in total. The average molecular weight is 406 g/mol. The third kappa shape index (κ3) is 8.23. The summed E-state index contributed by atoms with van der Waals surface area (Å²) in [6.07, 6.45) is 2.64. The SMILES string of the molecule is COC(CN)CC(=O)NCc1ccccc1CN1CCC(C)CC1.Cl.Cl. The molecular weight excluding hydrogens is 373 g/mol. The molecule has 1 aliphatic rings. The van der Waals surface area contributed by atoms with E-state index < -0.39 is 0 Å². The Balaban J connectivity index is 0.00000312. The maximum Gasteiger partial charge on any atom is 0.222 e. The molecule has 0 bridgehead atoms. The van der Waals surface area contributed by atoms with Crippen LogP contribution in [0.3, 0.4) is 0 Å². The summed E-state index contributed by atoms with van der Waals surface area (Å²) in [6, 6.07) is 8.36. The van der Waals surface area contributed by atoms with E-state index in [1.807, 2.05) is 6.07 Å². The van der Waals surface area contributed by atoms with Crippen molar-refractivity contribution in [3.8, 4) is 0 Å². The molecule has 0 radical (unpaired) electrons. The topological polar surface area (TPSA) is 67.6 Å². The van der Waals surface area contributed by atoms with Crippen LogP contribution >= 0.6 is 24.8 Å². The summed E-state index contributed by atoms with van der Waals surface area (Å²) in [5.41, 5.74) is 8.05. The summed E-state index contributed by atoms with van der Waals surface area (Å²) in [7, 11) is 1.58. The number of nitrogens with two attached hydrogens (primary N) is 1. The molecule has 1 saturated heterocycles. The van der Waals surface area contributed by atoms with Gasteiger partial charge >= 0.3 is 0 Å². The molecule has 26 heavy (non-hydrogen) atoms. The fraction of sp³-hybridized carbons (Fsp3) is 0.632. The van der Waals surface area contributed by atoms with Crippen molar-refractivity contribution >= 4 is 30.7 Å². The van der Waals surface area contributed by atoms with Crippen LogP contribution in [-0.2, 0) is 22.6 Å². The Hall–Kier alpha value is -0.850. The number of nitrogens with zero attached hydrogens (tertiary/aromatic N) is 1. The molecular formula is C19H33Cl2N3O2. The number of methoxy groups -OCH3 is 1. The summed E-state index contributed by atoms with van der Waals surface area (Å²) in [4.78, 5) is 14.5. The number of rotatable bonds is 8. The zero-order valence-corrected chi connectivity index (χ0v) is 17.4. The van der Waals surface area contributed by atoms with Gasteiger partial charge in [0, 0.05) is 26.7 Å². The molecule has 1 aliphatic heterocycles. The Kier molecular flexibility index (Phi) is 12.9. The Morgan fingerprint density at radius 1 is 1.27 bits per heavy atom. The number of benzene rings is 1. The number of carbonyl (C=O) groups excluding carboxylic acids is 1. The van der Waals surface area contributed by atoms with Gasteiger partial charge in [-0.3, -0.25) is 9.69 Å². The van der Waals surface area contributed by atoms with E-state index in [4.69, 9.17) is 10.5 Å². The second-order valence-electron chi connectivity index (χ2n) is 6.80. The van der Waals surface area contributed by atoms with Gasteiger partial charge in [0.15, 0.2) is 0 Å². The summed E-state index contributed by atoms with van der Waals surface area (Å²) in [6.45, 7) is 6.52. The number of amides is 1. The van der Waals surface area contributed by atoms with Crippen molar-refractivity contribution in [1.82, 2.24) is 10.2 Å². The first-order valence-electron chi connectivity index (χ1n) is 8.91. The standard InChI is InChI=1S/C19H31N3O2.2ClH/c1-15-7-9-22(10-8-15)14-17-6-4-3-5-16(17)13-21-19(23)11-18(12-20)24-2;;/h3-6,15,18H,7-14,20H2,1-2H3,(H,21,23);2*1H. The Labute approximate surface area is 169 Å². The third-order valence-electron chi connectivity index (χ3n) is 4.87. The zero-order valence-electron chi connectivity index (χ0n) is 15.8. The molecule has 5 nitrogen and oxygen atoms in total. The molecule has 1 aromatic rings. The van der Waals surface area contributed by atoms with E-state index in [0.29, 0.717) is 19.5 Å². The highest BCUT2D eigenvalue weighted by Crippen LogP contribution is 2.19. The van der Waals surface area contributed by atoms with Crippen LogP contribution in [0.4, 0.5) is 0 Å². The lowest BCUT2D eigenvalue weighted by Gasteiger charge is -2.30. The molecule has 1 amide bonds. The maximum absolute atomic E-state index is 12.0. The minimum atomic E-state index is -0.212. The van der Waals surface area contributed by atoms with Crippen molar-refractivity contribution in [2.24, 2.45) is 11.7 Å². The van der Waals surface area contributed by atoms with Crippen LogP contribution in [0.25, 0.3) is 0 Å². The summed E-state index contributed by atoms with van der Waals surface area (Å²) < 4.78 is 5.16. The van der Waals surface area contributed by atoms with Crippen LogP contribution in [0.15, 0.2) is 24.3 Å². The van der Waals surface area contributed by atoms with Gasteiger partial charge in [0.2, 0.25) is 5.91 Å². The number of carbonyl (C=O) groups is 1. The van der Waals surface area contributed by atoms with Crippen molar-refractivity contribution in [3.05, 3.63) is 35.4 Å². The second-order valence-corrected chi connectivity index (χ2v) is 6.80. The largest absolute Gasteiger partial charge is 0.380 e. The highest BCUT2D eigenvalue weighted by molar-refractivity contribution is 5.85. The zero-order chi connectivity index (χ0) is 17.4. The summed E-state index contributed by atoms with van der Waals surface area (Å²) in [5, 5.41) is 2.99. The van der Waals surface area contributed by atoms with E-state index in [2.05, 4.69) is 35.3 Å². The number of halogens is 2. The minimum Gasteiger partial charge on any atom is -0.380 e. The Morgan fingerprint density at radius 2 is 1.88 bits per heavy atom. The average Bonchev–Trinajstić information content (AvgIpc) is 2.61. The smallest absolute Gasteiger partial charge is 0.222 e. The van der Waals surface area contributed by atoms with Gasteiger partial charge in [-0.1, -0.05) is 31.2 Å². The number of ether oxygens (including phenoxy) is 1. The van der Waals surface area contributed by atoms with Crippen LogP contribution in [0.1, 0.15) is 37.3 Å². The molecule has 0 saturated carbocycles. The number of hydrogen-bond acceptors (Lipinski definition) is 4. The van der Waals surface area contributed by atoms with Crippen LogP contribution in [0.5, 0.6) is 0 Å². The van der Waals surface area contributed by atoms with E-state index in [1.54, 1.807) is 7.11 Å². The van der Waals surface area contributed by atoms with E-state index >= 15 is 0 Å². The Bertz CT molecular complexity index is 519. The maximum atomic E-state index is 12.0. The van der Waals surface area contributed by atoms with Crippen LogP contribution in [0, 0.1) is 5.92 Å². The van der Waals surface area contributed by atoms with E-state index in [1.165, 1.54) is 24.0 Å². The number of hydrogen-bond donors (Lipinski definition) is 2. The first-order valence-corrected chi connectivity index (χ1v) is 8.91. The van der Waals surface area contributed by atoms with Crippen molar-refractivity contribution in [3.63, 3.8) is 0 Å². The van der Waals surface area contributed by atoms with E-state index in [0.717, 1.165) is 25.6 Å². The number of piperidine rings is 1. The van der Waals surface area contributed by atoms with Gasteiger partial charge in [-0.2, -0.15) is 0 Å². The number of likely N-dealkylation sites (tertiary alicyclic amines) is 1. The van der Waals surface area contributed by atoms with E-state index in [-0.39, 0.29) is 36.8 Å². The van der Waals surface area contributed by atoms with Crippen LogP contribution < -0.4 is 11.1 Å². The van der Waals surface area contributed by atoms with Gasteiger partial charge in [0.25, 0.3) is 0 Å². The molecule has 0 aliphatic carbocycles. The second kappa shape index (κ2) is 13.3. The predicted octanol–water partition coefficient (Wildman–Crippen LogP) is 2.74. The molecule has 1 atom stereocenters. The molecule has 1 fully saturated rings. The molecule has 0 spiro atoms. The highest BCUT2D eigenvalue weighted by atomic mass is 35.5. The Morgan fingerprint density at radius 3 is 2.46 bits per heavy atom. The monoisotopic (exact) mass is 405 g/mol. The van der Waals surface area contributed by atoms with Crippen molar-refractivity contribution < 1.29 is 9.53 Å². The van der Waals surface area contributed by atoms with Crippen molar-refractivity contribution in [2.75, 3.05) is 26.7 Å². The molecule has 1 aromatic carbocycles. The lowest BCUT2D eigenvalue weighted by atomic mass is 9.98. The fourth-order valence-corrected chi connectivity index (χ4v) is 3.08. The predicted molar refractivity (Wildman–Crippen MR) is 111 cm³/mol. The van der Waals surface area contributed by atoms with Gasteiger partial charge in [0.1, 0.15) is 0 Å². The van der Waals surface area contributed by atoms with E-state index in [9.17, 15) is 4.79 Å². The molecule has 7 heteroatoms. The molecule has 0 aromatic heterocycles. The quantitative estimate of drug-likeness (QED) is 0.697. The lowest BCUT2D eigenvalue weighted by Crippen LogP contribution is -2.33. The third-order valence-corrected chi connectivity index (χ3v) is 4.87.